The molecule has 0 heterocycles. The Hall–Kier alpha value is -1.61. The Kier molecular flexibility index (Phi) is 5.36. The highest BCUT2D eigenvalue weighted by atomic mass is 32.2. The van der Waals surface area contributed by atoms with E-state index in [2.05, 4.69) is 13.0 Å². The average molecular weight is 288 g/mol. The number of hydrogen-bond acceptors (Lipinski definition) is 3. The minimum absolute atomic E-state index is 0.123. The number of phenolic OH excluding ortho intramolecular Hbond substituents is 2. The molecule has 0 spiro atoms. The zero-order chi connectivity index (χ0) is 14.4. The van der Waals surface area contributed by atoms with Crippen LogP contribution in [0.15, 0.2) is 52.3 Å². The number of rotatable bonds is 6. The first kappa shape index (κ1) is 14.8. The molecule has 0 aliphatic rings. The fourth-order valence-corrected chi connectivity index (χ4v) is 3.12. The van der Waals surface area contributed by atoms with Gasteiger partial charge in [-0.1, -0.05) is 55.8 Å². The van der Waals surface area contributed by atoms with E-state index in [9.17, 15) is 10.2 Å². The fraction of sp³-hybridized carbons (Fsp3) is 0.294. The zero-order valence-electron chi connectivity index (χ0n) is 11.7. The van der Waals surface area contributed by atoms with Gasteiger partial charge >= 0.3 is 0 Å². The van der Waals surface area contributed by atoms with Crippen molar-refractivity contribution in [1.29, 1.82) is 0 Å². The van der Waals surface area contributed by atoms with Crippen LogP contribution in [0.1, 0.15) is 31.7 Å². The van der Waals surface area contributed by atoms with Crippen molar-refractivity contribution >= 4 is 11.8 Å². The van der Waals surface area contributed by atoms with Gasteiger partial charge < -0.3 is 10.2 Å². The van der Waals surface area contributed by atoms with Gasteiger partial charge in [0, 0.05) is 4.90 Å². The molecule has 0 aliphatic heterocycles. The second kappa shape index (κ2) is 7.25. The molecule has 3 heteroatoms. The lowest BCUT2D eigenvalue weighted by molar-refractivity contribution is 0.428. The van der Waals surface area contributed by atoms with Crippen molar-refractivity contribution < 1.29 is 10.2 Å². The Labute approximate surface area is 124 Å². The molecule has 0 bridgehead atoms. The zero-order valence-corrected chi connectivity index (χ0v) is 12.5. The highest BCUT2D eigenvalue weighted by molar-refractivity contribution is 7.99. The van der Waals surface area contributed by atoms with Crippen molar-refractivity contribution in [3.8, 4) is 11.5 Å². The van der Waals surface area contributed by atoms with Crippen molar-refractivity contribution in [1.82, 2.24) is 0 Å². The monoisotopic (exact) mass is 288 g/mol. The van der Waals surface area contributed by atoms with E-state index >= 15 is 0 Å². The van der Waals surface area contributed by atoms with E-state index in [1.54, 1.807) is 18.2 Å². The molecule has 2 rings (SSSR count). The van der Waals surface area contributed by atoms with Gasteiger partial charge in [0.15, 0.2) is 0 Å². The Balaban J connectivity index is 2.20. The molecule has 0 fully saturated rings. The molecule has 2 nitrogen and oxygen atoms in total. The molecule has 2 aromatic carbocycles. The van der Waals surface area contributed by atoms with E-state index in [4.69, 9.17) is 0 Å². The molecule has 2 aromatic rings. The molecule has 106 valence electrons. The molecule has 0 saturated carbocycles. The first-order valence-electron chi connectivity index (χ1n) is 6.99. The van der Waals surface area contributed by atoms with E-state index in [1.807, 2.05) is 18.2 Å². The van der Waals surface area contributed by atoms with Gasteiger partial charge in [-0.3, -0.25) is 0 Å². The lowest BCUT2D eigenvalue weighted by atomic mass is 10.1. The largest absolute Gasteiger partial charge is 0.507 e. The average Bonchev–Trinajstić information content (AvgIpc) is 2.45. The van der Waals surface area contributed by atoms with E-state index < -0.39 is 0 Å². The van der Waals surface area contributed by atoms with Crippen molar-refractivity contribution in [3.63, 3.8) is 0 Å². The molecule has 0 aliphatic carbocycles. The van der Waals surface area contributed by atoms with Gasteiger partial charge in [0.1, 0.15) is 11.5 Å². The first-order valence-corrected chi connectivity index (χ1v) is 7.80. The molecule has 0 amide bonds. The summed E-state index contributed by atoms with van der Waals surface area (Å²) in [5, 5.41) is 19.8. The Morgan fingerprint density at radius 1 is 0.900 bits per heavy atom. The van der Waals surface area contributed by atoms with E-state index in [0.717, 1.165) is 11.3 Å². The Morgan fingerprint density at radius 2 is 1.60 bits per heavy atom. The summed E-state index contributed by atoms with van der Waals surface area (Å²) in [7, 11) is 0. The smallest absolute Gasteiger partial charge is 0.133 e. The summed E-state index contributed by atoms with van der Waals surface area (Å²) in [6.45, 7) is 2.20. The maximum atomic E-state index is 9.88. The minimum Gasteiger partial charge on any atom is -0.507 e. The topological polar surface area (TPSA) is 40.5 Å². The minimum atomic E-state index is 0.123. The Morgan fingerprint density at radius 3 is 2.30 bits per heavy atom. The number of aromatic hydroxyl groups is 2. The van der Waals surface area contributed by atoms with Gasteiger partial charge in [-0.15, -0.1) is 0 Å². The lowest BCUT2D eigenvalue weighted by Crippen LogP contribution is -1.89. The van der Waals surface area contributed by atoms with Crippen LogP contribution < -0.4 is 0 Å². The van der Waals surface area contributed by atoms with Crippen molar-refractivity contribution in [3.05, 3.63) is 48.0 Å². The lowest BCUT2D eigenvalue weighted by Gasteiger charge is -2.11. The standard InChI is InChI=1S/C17H20O2S/c1-2-3-4-8-13-9-5-6-12-16(13)20-17-14(18)10-7-11-15(17)19/h5-7,9-12,18-19H,2-4,8H2,1H3. The summed E-state index contributed by atoms with van der Waals surface area (Å²) in [5.41, 5.74) is 1.27. The van der Waals surface area contributed by atoms with E-state index in [0.29, 0.717) is 4.90 Å². The van der Waals surface area contributed by atoms with Crippen LogP contribution in [0.3, 0.4) is 0 Å². The third-order valence-electron chi connectivity index (χ3n) is 3.21. The van der Waals surface area contributed by atoms with Crippen molar-refractivity contribution in [2.75, 3.05) is 0 Å². The van der Waals surface area contributed by atoms with Crippen LogP contribution in [0.2, 0.25) is 0 Å². The van der Waals surface area contributed by atoms with E-state index in [-0.39, 0.29) is 11.5 Å². The highest BCUT2D eigenvalue weighted by Crippen LogP contribution is 2.41. The summed E-state index contributed by atoms with van der Waals surface area (Å²) in [4.78, 5) is 1.62. The van der Waals surface area contributed by atoms with Crippen LogP contribution >= 0.6 is 11.8 Å². The van der Waals surface area contributed by atoms with Gasteiger partial charge in [0.2, 0.25) is 0 Å². The van der Waals surface area contributed by atoms with E-state index in [1.165, 1.54) is 36.6 Å². The SMILES string of the molecule is CCCCCc1ccccc1Sc1c(O)cccc1O. The first-order chi connectivity index (χ1) is 9.72. The third-order valence-corrected chi connectivity index (χ3v) is 4.45. The van der Waals surface area contributed by atoms with Gasteiger partial charge in [0.25, 0.3) is 0 Å². The molecule has 0 atom stereocenters. The Bertz CT molecular complexity index is 546. The molecule has 2 N–H and O–H groups in total. The molecular weight excluding hydrogens is 268 g/mol. The quantitative estimate of drug-likeness (QED) is 0.736. The number of unbranched alkanes of at least 4 members (excludes halogenated alkanes) is 2. The molecule has 0 aromatic heterocycles. The number of hydrogen-bond donors (Lipinski definition) is 2. The summed E-state index contributed by atoms with van der Waals surface area (Å²) < 4.78 is 0. The van der Waals surface area contributed by atoms with Gasteiger partial charge in [-0.05, 0) is 36.6 Å². The summed E-state index contributed by atoms with van der Waals surface area (Å²) >= 11 is 1.43. The van der Waals surface area contributed by atoms with Crippen LogP contribution in [0, 0.1) is 0 Å². The normalized spacial score (nSPS) is 10.7. The molecule has 0 unspecified atom stereocenters. The van der Waals surface area contributed by atoms with Crippen LogP contribution in [0.5, 0.6) is 11.5 Å². The highest BCUT2D eigenvalue weighted by Gasteiger charge is 2.11. The molecule has 20 heavy (non-hydrogen) atoms. The second-order valence-electron chi connectivity index (χ2n) is 4.79. The third kappa shape index (κ3) is 3.70. The van der Waals surface area contributed by atoms with Gasteiger partial charge in [0.05, 0.1) is 4.90 Å². The number of aryl methyl sites for hydroxylation is 1. The summed E-state index contributed by atoms with van der Waals surface area (Å²) in [6, 6.07) is 13.0. The van der Waals surface area contributed by atoms with Crippen LogP contribution in [0.4, 0.5) is 0 Å². The second-order valence-corrected chi connectivity index (χ2v) is 5.84. The predicted octanol–water partition coefficient (Wildman–Crippen LogP) is 4.98. The van der Waals surface area contributed by atoms with Crippen LogP contribution in [-0.4, -0.2) is 10.2 Å². The van der Waals surface area contributed by atoms with Crippen LogP contribution in [0.25, 0.3) is 0 Å². The molecule has 0 saturated heterocycles. The number of benzene rings is 2. The summed E-state index contributed by atoms with van der Waals surface area (Å²) in [5.74, 6) is 0.247. The van der Waals surface area contributed by atoms with Crippen LogP contribution in [-0.2, 0) is 6.42 Å². The maximum absolute atomic E-state index is 9.88. The molecular formula is C17H20O2S. The summed E-state index contributed by atoms with van der Waals surface area (Å²) in [6.07, 6.45) is 4.63. The fourth-order valence-electron chi connectivity index (χ4n) is 2.10. The maximum Gasteiger partial charge on any atom is 0.133 e. The molecule has 0 radical (unpaired) electrons. The van der Waals surface area contributed by atoms with Gasteiger partial charge in [-0.25, -0.2) is 0 Å². The van der Waals surface area contributed by atoms with Crippen molar-refractivity contribution in [2.24, 2.45) is 0 Å². The van der Waals surface area contributed by atoms with Crippen molar-refractivity contribution in [2.45, 2.75) is 42.4 Å². The predicted molar refractivity (Wildman–Crippen MR) is 83.6 cm³/mol. The number of phenols is 2. The van der Waals surface area contributed by atoms with Gasteiger partial charge in [-0.2, -0.15) is 0 Å².